The molecule has 4 rings (SSSR count). The first kappa shape index (κ1) is 21.6. The number of benzene rings is 1. The number of nitrogens with one attached hydrogen (secondary N) is 1. The Morgan fingerprint density at radius 3 is 2.59 bits per heavy atom. The highest BCUT2D eigenvalue weighted by atomic mass is 35.5. The molecule has 166 valence electrons. The topological polar surface area (TPSA) is 86.5 Å². The Morgan fingerprint density at radius 1 is 1.06 bits per heavy atom. The van der Waals surface area contributed by atoms with E-state index in [9.17, 15) is 13.2 Å². The molecule has 0 atom stereocenters. The molecule has 3 heterocycles. The summed E-state index contributed by atoms with van der Waals surface area (Å²) >= 11 is 6.25. The molecule has 0 fully saturated rings. The minimum Gasteiger partial charge on any atom is -0.493 e. The number of ether oxygens (including phenoxy) is 2. The third-order valence-electron chi connectivity index (χ3n) is 4.46. The third-order valence-corrected chi connectivity index (χ3v) is 4.91. The number of imidazole rings is 1. The lowest BCUT2D eigenvalue weighted by atomic mass is 10.2. The average molecular weight is 465 g/mol. The molecule has 0 aliphatic rings. The molecule has 12 heteroatoms. The van der Waals surface area contributed by atoms with E-state index in [2.05, 4.69) is 25.4 Å². The Labute approximate surface area is 185 Å². The lowest BCUT2D eigenvalue weighted by molar-refractivity contribution is 0.356. The van der Waals surface area contributed by atoms with E-state index in [1.807, 2.05) is 0 Å². The zero-order valence-corrected chi connectivity index (χ0v) is 17.8. The highest BCUT2D eigenvalue weighted by Gasteiger charge is 2.19. The molecule has 0 saturated heterocycles. The fourth-order valence-electron chi connectivity index (χ4n) is 2.97. The maximum absolute atomic E-state index is 14.4. The van der Waals surface area contributed by atoms with Crippen LogP contribution in [0.4, 0.5) is 19.0 Å². The van der Waals surface area contributed by atoms with Crippen molar-refractivity contribution in [2.75, 3.05) is 12.4 Å². The predicted molar refractivity (Wildman–Crippen MR) is 110 cm³/mol. The van der Waals surface area contributed by atoms with Gasteiger partial charge >= 0.3 is 0 Å². The van der Waals surface area contributed by atoms with Crippen molar-refractivity contribution in [3.63, 3.8) is 0 Å². The van der Waals surface area contributed by atoms with E-state index >= 15 is 0 Å². The molecular formula is C20H16ClF3N6O2. The van der Waals surface area contributed by atoms with Gasteiger partial charge in [-0.3, -0.25) is 0 Å². The first-order valence-electron chi connectivity index (χ1n) is 9.26. The lowest BCUT2D eigenvalue weighted by Gasteiger charge is -2.13. The fraction of sp³-hybridized carbons (Fsp3) is 0.200. The van der Waals surface area contributed by atoms with E-state index in [-0.39, 0.29) is 17.1 Å². The molecule has 0 spiro atoms. The van der Waals surface area contributed by atoms with Crippen LogP contribution in [0.2, 0.25) is 5.02 Å². The summed E-state index contributed by atoms with van der Waals surface area (Å²) in [5.74, 6) is -2.87. The van der Waals surface area contributed by atoms with Gasteiger partial charge in [0.15, 0.2) is 23.0 Å². The van der Waals surface area contributed by atoms with Gasteiger partial charge in [-0.05, 0) is 31.5 Å². The number of hydrogen-bond donors (Lipinski definition) is 1. The molecule has 1 N–H and O–H groups in total. The Bertz CT molecular complexity index is 1330. The van der Waals surface area contributed by atoms with Crippen LogP contribution in [-0.2, 0) is 6.54 Å². The maximum atomic E-state index is 14.4. The fourth-order valence-corrected chi connectivity index (χ4v) is 3.12. The molecule has 4 aromatic rings. The van der Waals surface area contributed by atoms with Gasteiger partial charge in [0.1, 0.15) is 16.7 Å². The molecule has 0 saturated carbocycles. The van der Waals surface area contributed by atoms with Gasteiger partial charge in [0.05, 0.1) is 12.8 Å². The number of anilines is 1. The molecule has 0 aliphatic carbocycles. The van der Waals surface area contributed by atoms with Crippen LogP contribution in [0.5, 0.6) is 17.4 Å². The molecule has 0 amide bonds. The molecule has 0 aliphatic heterocycles. The number of rotatable bonds is 6. The summed E-state index contributed by atoms with van der Waals surface area (Å²) in [5.41, 5.74) is 1.02. The van der Waals surface area contributed by atoms with Gasteiger partial charge < -0.3 is 14.8 Å². The van der Waals surface area contributed by atoms with Crippen molar-refractivity contribution < 1.29 is 22.6 Å². The van der Waals surface area contributed by atoms with Crippen molar-refractivity contribution in [3.05, 3.63) is 64.1 Å². The number of aromatic nitrogens is 5. The van der Waals surface area contributed by atoms with Crippen molar-refractivity contribution in [1.29, 1.82) is 0 Å². The predicted octanol–water partition coefficient (Wildman–Crippen LogP) is 4.62. The number of halogens is 4. The molecular weight excluding hydrogens is 449 g/mol. The van der Waals surface area contributed by atoms with E-state index in [0.717, 1.165) is 6.07 Å². The van der Waals surface area contributed by atoms with Gasteiger partial charge in [0, 0.05) is 12.6 Å². The second kappa shape index (κ2) is 8.50. The molecule has 0 unspecified atom stereocenters. The summed E-state index contributed by atoms with van der Waals surface area (Å²) < 4.78 is 52.8. The van der Waals surface area contributed by atoms with Gasteiger partial charge in [-0.25, -0.2) is 14.4 Å². The lowest BCUT2D eigenvalue weighted by Crippen LogP contribution is -2.06. The van der Waals surface area contributed by atoms with Crippen molar-refractivity contribution >= 4 is 23.1 Å². The van der Waals surface area contributed by atoms with E-state index < -0.39 is 23.6 Å². The second-order valence-electron chi connectivity index (χ2n) is 6.72. The third kappa shape index (κ3) is 4.11. The van der Waals surface area contributed by atoms with Gasteiger partial charge in [0.2, 0.25) is 0 Å². The molecule has 0 radical (unpaired) electrons. The zero-order chi connectivity index (χ0) is 23.0. The van der Waals surface area contributed by atoms with Crippen molar-refractivity contribution in [3.8, 4) is 17.4 Å². The molecule has 3 aromatic heterocycles. The molecule has 1 aromatic carbocycles. The Kier molecular flexibility index (Phi) is 5.74. The quantitative estimate of drug-likeness (QED) is 0.445. The van der Waals surface area contributed by atoms with E-state index in [1.165, 1.54) is 7.11 Å². The first-order chi connectivity index (χ1) is 15.3. The van der Waals surface area contributed by atoms with Gasteiger partial charge in [-0.15, -0.1) is 5.10 Å². The minimum atomic E-state index is -1.39. The van der Waals surface area contributed by atoms with Gasteiger partial charge in [-0.1, -0.05) is 17.7 Å². The Morgan fingerprint density at radius 2 is 1.84 bits per heavy atom. The Balaban J connectivity index is 1.62. The monoisotopic (exact) mass is 464 g/mol. The zero-order valence-electron chi connectivity index (χ0n) is 17.1. The van der Waals surface area contributed by atoms with Crippen LogP contribution in [0.1, 0.15) is 17.1 Å². The van der Waals surface area contributed by atoms with Crippen molar-refractivity contribution in [2.45, 2.75) is 20.4 Å². The number of aryl methyl sites for hydroxylation is 2. The van der Waals surface area contributed by atoms with Crippen LogP contribution in [0.3, 0.4) is 0 Å². The van der Waals surface area contributed by atoms with Crippen LogP contribution < -0.4 is 14.8 Å². The van der Waals surface area contributed by atoms with Crippen LogP contribution in [-0.4, -0.2) is 31.7 Å². The number of fused-ring (bicyclic) bond motifs is 1. The van der Waals surface area contributed by atoms with E-state index in [0.29, 0.717) is 39.0 Å². The summed E-state index contributed by atoms with van der Waals surface area (Å²) in [6.07, 6.45) is 0. The largest absolute Gasteiger partial charge is 0.493 e. The van der Waals surface area contributed by atoms with Crippen molar-refractivity contribution in [1.82, 2.24) is 24.6 Å². The average Bonchev–Trinajstić information content (AvgIpc) is 3.02. The highest BCUT2D eigenvalue weighted by Crippen LogP contribution is 2.33. The minimum absolute atomic E-state index is 0.111. The first-order valence-corrected chi connectivity index (χ1v) is 9.64. The summed E-state index contributed by atoms with van der Waals surface area (Å²) in [7, 11) is 1.41. The van der Waals surface area contributed by atoms with Crippen LogP contribution in [0.25, 0.3) is 5.65 Å². The summed E-state index contributed by atoms with van der Waals surface area (Å²) in [6, 6.07) is 5.76. The van der Waals surface area contributed by atoms with Gasteiger partial charge in [-0.2, -0.15) is 18.3 Å². The maximum Gasteiger partial charge on any atom is 0.274 e. The second-order valence-corrected chi connectivity index (χ2v) is 7.10. The molecule has 32 heavy (non-hydrogen) atoms. The summed E-state index contributed by atoms with van der Waals surface area (Å²) in [4.78, 5) is 11.7. The molecule has 8 nitrogen and oxygen atoms in total. The van der Waals surface area contributed by atoms with E-state index in [4.69, 9.17) is 21.1 Å². The summed E-state index contributed by atoms with van der Waals surface area (Å²) in [5, 5.41) is 7.17. The van der Waals surface area contributed by atoms with Crippen LogP contribution in [0.15, 0.2) is 24.3 Å². The van der Waals surface area contributed by atoms with E-state index in [1.54, 1.807) is 32.0 Å². The van der Waals surface area contributed by atoms with Gasteiger partial charge in [0.25, 0.3) is 17.8 Å². The SMILES string of the molecule is COc1ccc(CNc2nc(C)nc(C)c2Cl)cc1Oc1nn2c(F)c(F)nc2cc1F. The summed E-state index contributed by atoms with van der Waals surface area (Å²) in [6.45, 7) is 3.82. The number of hydrogen-bond acceptors (Lipinski definition) is 7. The van der Waals surface area contributed by atoms with Crippen LogP contribution in [0, 0.1) is 31.6 Å². The standard InChI is InChI=1S/C20H16ClF3N6O2/c1-9-16(21)19(27-10(2)26-9)25-8-11-4-5-13(31-3)14(6-11)32-20-12(22)7-15-28-17(23)18(24)30(15)29-20/h4-7H,8H2,1-3H3,(H,25,26,27). The van der Waals surface area contributed by atoms with Crippen LogP contribution >= 0.6 is 11.6 Å². The normalized spacial score (nSPS) is 11.1. The number of nitrogens with zero attached hydrogens (tertiary/aromatic N) is 5. The van der Waals surface area contributed by atoms with Crippen molar-refractivity contribution in [2.24, 2.45) is 0 Å². The smallest absolute Gasteiger partial charge is 0.274 e. The highest BCUT2D eigenvalue weighted by molar-refractivity contribution is 6.33. The number of methoxy groups -OCH3 is 1. The molecule has 0 bridgehead atoms. The Hall–Kier alpha value is -3.60.